The lowest BCUT2D eigenvalue weighted by molar-refractivity contribution is 1.37. The molecule has 0 fully saturated rings. The van der Waals surface area contributed by atoms with Gasteiger partial charge in [-0.1, -0.05) is 133 Å². The van der Waals surface area contributed by atoms with E-state index in [1.54, 1.807) is 0 Å². The molecule has 0 heterocycles. The second-order valence-electron chi connectivity index (χ2n) is 12.2. The lowest BCUT2D eigenvalue weighted by Gasteiger charge is -2.21. The van der Waals surface area contributed by atoms with Crippen LogP contribution in [0.4, 0.5) is 0 Å². The molecule has 0 aliphatic carbocycles. The molecule has 0 aliphatic rings. The maximum absolute atomic E-state index is 2.51. The van der Waals surface area contributed by atoms with E-state index in [1.165, 1.54) is 98.0 Å². The van der Waals surface area contributed by atoms with Gasteiger partial charge >= 0.3 is 0 Å². The van der Waals surface area contributed by atoms with Crippen molar-refractivity contribution in [3.05, 3.63) is 157 Å². The average Bonchev–Trinajstić information content (AvgIpc) is 3.08. The largest absolute Gasteiger partial charge is 0.0622 e. The maximum atomic E-state index is 2.51. The Morgan fingerprint density at radius 3 is 1.34 bits per heavy atom. The van der Waals surface area contributed by atoms with Gasteiger partial charge in [-0.3, -0.25) is 0 Å². The normalized spacial score (nSPS) is 11.9. The van der Waals surface area contributed by atoms with Gasteiger partial charge in [0.2, 0.25) is 0 Å². The third kappa shape index (κ3) is 3.58. The Hall–Kier alpha value is -5.46. The van der Waals surface area contributed by atoms with Crippen molar-refractivity contribution in [1.82, 2.24) is 0 Å². The van der Waals surface area contributed by atoms with Crippen molar-refractivity contribution in [3.8, 4) is 22.3 Å². The molecule has 9 aromatic carbocycles. The van der Waals surface area contributed by atoms with Crippen LogP contribution in [-0.4, -0.2) is 0 Å². The zero-order chi connectivity index (χ0) is 29.4. The lowest BCUT2D eigenvalue weighted by Crippen LogP contribution is -1.94. The van der Waals surface area contributed by atoms with Gasteiger partial charge in [-0.15, -0.1) is 0 Å². The zero-order valence-electron chi connectivity index (χ0n) is 24.9. The SMILES string of the molecule is Cc1cc2c(-c3ccccc3)c3cc4c5ccccc5c5ccc6ccccc6c5c4cc3c(-c3ccccc3)c2cc1C. The molecule has 0 heteroatoms. The predicted octanol–water partition coefficient (Wildman–Crippen LogP) is 12.6. The standard InChI is InChI=1S/C44H30/c1-27-23-37-38(24-28(27)2)43(31-16-7-4-8-17-31)41-26-39-36(25-40(41)42(37)30-14-5-3-6-15-30)34-20-12-11-19-33(34)35-22-21-29-13-9-10-18-32(29)44(35)39/h3-26H,1-2H3. The van der Waals surface area contributed by atoms with E-state index < -0.39 is 0 Å². The van der Waals surface area contributed by atoms with E-state index in [2.05, 4.69) is 159 Å². The summed E-state index contributed by atoms with van der Waals surface area (Å²) in [5, 5.41) is 15.6. The monoisotopic (exact) mass is 558 g/mol. The fourth-order valence-corrected chi connectivity index (χ4v) is 7.53. The minimum atomic E-state index is 1.25. The quantitative estimate of drug-likeness (QED) is 0.146. The Morgan fingerprint density at radius 1 is 0.295 bits per heavy atom. The highest BCUT2D eigenvalue weighted by Crippen LogP contribution is 2.48. The van der Waals surface area contributed by atoms with Crippen molar-refractivity contribution in [2.75, 3.05) is 0 Å². The number of aryl methyl sites for hydroxylation is 2. The van der Waals surface area contributed by atoms with Crippen molar-refractivity contribution in [1.29, 1.82) is 0 Å². The molecule has 0 N–H and O–H groups in total. The highest BCUT2D eigenvalue weighted by Gasteiger charge is 2.20. The maximum Gasteiger partial charge on any atom is -0.00201 e. The van der Waals surface area contributed by atoms with Gasteiger partial charge in [-0.05, 0) is 124 Å². The highest BCUT2D eigenvalue weighted by atomic mass is 14.2. The first-order valence-corrected chi connectivity index (χ1v) is 15.4. The summed E-state index contributed by atoms with van der Waals surface area (Å²) in [6, 6.07) is 54.1. The molecule has 0 spiro atoms. The molecule has 0 nitrogen and oxygen atoms in total. The molecule has 0 aliphatic heterocycles. The van der Waals surface area contributed by atoms with Crippen LogP contribution in [0.3, 0.4) is 0 Å². The molecule has 0 unspecified atom stereocenters. The van der Waals surface area contributed by atoms with Gasteiger partial charge in [-0.25, -0.2) is 0 Å². The molecule has 0 amide bonds. The third-order valence-corrected chi connectivity index (χ3v) is 9.70. The van der Waals surface area contributed by atoms with Crippen molar-refractivity contribution < 1.29 is 0 Å². The Balaban J connectivity index is 1.62. The fourth-order valence-electron chi connectivity index (χ4n) is 7.53. The second kappa shape index (κ2) is 9.53. The minimum Gasteiger partial charge on any atom is -0.0622 e. The summed E-state index contributed by atoms with van der Waals surface area (Å²) in [7, 11) is 0. The van der Waals surface area contributed by atoms with E-state index in [4.69, 9.17) is 0 Å². The van der Waals surface area contributed by atoms with E-state index >= 15 is 0 Å². The van der Waals surface area contributed by atoms with E-state index in [0.717, 1.165) is 0 Å². The summed E-state index contributed by atoms with van der Waals surface area (Å²) < 4.78 is 0. The van der Waals surface area contributed by atoms with Gasteiger partial charge in [0, 0.05) is 0 Å². The Bertz CT molecular complexity index is 2580. The van der Waals surface area contributed by atoms with Crippen molar-refractivity contribution >= 4 is 64.6 Å². The van der Waals surface area contributed by atoms with Crippen LogP contribution < -0.4 is 0 Å². The Labute approximate surface area is 256 Å². The summed E-state index contributed by atoms with van der Waals surface area (Å²) in [5.41, 5.74) is 7.75. The molecule has 0 saturated heterocycles. The Morgan fingerprint density at radius 2 is 0.750 bits per heavy atom. The van der Waals surface area contributed by atoms with Gasteiger partial charge in [0.1, 0.15) is 0 Å². The number of hydrogen-bond donors (Lipinski definition) is 0. The van der Waals surface area contributed by atoms with Crippen LogP contribution in [-0.2, 0) is 0 Å². The summed E-state index contributed by atoms with van der Waals surface area (Å²) >= 11 is 0. The van der Waals surface area contributed by atoms with Crippen LogP contribution in [0.5, 0.6) is 0 Å². The smallest absolute Gasteiger partial charge is 0.00201 e. The second-order valence-corrected chi connectivity index (χ2v) is 12.2. The zero-order valence-corrected chi connectivity index (χ0v) is 24.9. The van der Waals surface area contributed by atoms with Crippen LogP contribution >= 0.6 is 0 Å². The summed E-state index contributed by atoms with van der Waals surface area (Å²) in [5.74, 6) is 0. The van der Waals surface area contributed by atoms with Crippen molar-refractivity contribution in [3.63, 3.8) is 0 Å². The van der Waals surface area contributed by atoms with Crippen LogP contribution in [0.2, 0.25) is 0 Å². The first-order chi connectivity index (χ1) is 21.7. The lowest BCUT2D eigenvalue weighted by atomic mass is 9.82. The molecule has 206 valence electrons. The topological polar surface area (TPSA) is 0 Å². The Kier molecular flexibility index (Phi) is 5.43. The molecule has 9 rings (SSSR count). The highest BCUT2D eigenvalue weighted by molar-refractivity contribution is 6.35. The molecule has 0 aromatic heterocycles. The molecule has 0 atom stereocenters. The summed E-state index contributed by atoms with van der Waals surface area (Å²) in [6.45, 7) is 4.48. The van der Waals surface area contributed by atoms with Gasteiger partial charge < -0.3 is 0 Å². The number of benzene rings is 9. The van der Waals surface area contributed by atoms with Crippen LogP contribution in [0, 0.1) is 13.8 Å². The van der Waals surface area contributed by atoms with Crippen LogP contribution in [0.25, 0.3) is 86.9 Å². The molecular formula is C44H30. The van der Waals surface area contributed by atoms with E-state index in [1.807, 2.05) is 0 Å². The number of rotatable bonds is 2. The van der Waals surface area contributed by atoms with Gasteiger partial charge in [0.15, 0.2) is 0 Å². The predicted molar refractivity (Wildman–Crippen MR) is 192 cm³/mol. The molecule has 44 heavy (non-hydrogen) atoms. The first kappa shape index (κ1) is 25.1. The van der Waals surface area contributed by atoms with Crippen LogP contribution in [0.15, 0.2) is 146 Å². The molecule has 0 saturated carbocycles. The van der Waals surface area contributed by atoms with E-state index in [0.29, 0.717) is 0 Å². The average molecular weight is 559 g/mol. The molecule has 0 radical (unpaired) electrons. The number of fused-ring (bicyclic) bond motifs is 10. The first-order valence-electron chi connectivity index (χ1n) is 15.4. The third-order valence-electron chi connectivity index (χ3n) is 9.70. The summed E-state index contributed by atoms with van der Waals surface area (Å²) in [6.07, 6.45) is 0. The van der Waals surface area contributed by atoms with Gasteiger partial charge in [-0.2, -0.15) is 0 Å². The van der Waals surface area contributed by atoms with Crippen LogP contribution in [0.1, 0.15) is 11.1 Å². The van der Waals surface area contributed by atoms with E-state index in [9.17, 15) is 0 Å². The molecule has 9 aromatic rings. The van der Waals surface area contributed by atoms with E-state index in [-0.39, 0.29) is 0 Å². The summed E-state index contributed by atoms with van der Waals surface area (Å²) in [4.78, 5) is 0. The van der Waals surface area contributed by atoms with Crippen molar-refractivity contribution in [2.45, 2.75) is 13.8 Å². The molecular weight excluding hydrogens is 528 g/mol. The minimum absolute atomic E-state index is 1.25. The van der Waals surface area contributed by atoms with Crippen molar-refractivity contribution in [2.24, 2.45) is 0 Å². The fraction of sp³-hybridized carbons (Fsp3) is 0.0455. The van der Waals surface area contributed by atoms with Gasteiger partial charge in [0.25, 0.3) is 0 Å². The number of hydrogen-bond acceptors (Lipinski definition) is 0. The van der Waals surface area contributed by atoms with Gasteiger partial charge in [0.05, 0.1) is 0 Å². The molecule has 0 bridgehead atoms.